The summed E-state index contributed by atoms with van der Waals surface area (Å²) in [4.78, 5) is 10.1. The van der Waals surface area contributed by atoms with Crippen molar-refractivity contribution in [3.05, 3.63) is 0 Å². The monoisotopic (exact) mass is 182 g/mol. The van der Waals surface area contributed by atoms with Crippen molar-refractivity contribution < 1.29 is 14.1 Å². The lowest BCUT2D eigenvalue weighted by molar-refractivity contribution is -0.136. The molecule has 0 fully saturated rings. The number of carbonyl (C=O) groups is 1. The number of rotatable bonds is 4. The fourth-order valence-corrected chi connectivity index (χ4v) is 1.27. The summed E-state index contributed by atoms with van der Waals surface area (Å²) in [5.74, 6) is -0.547. The summed E-state index contributed by atoms with van der Waals surface area (Å²) >= 11 is 3.77. The first-order valence-corrected chi connectivity index (χ1v) is 4.99. The fraction of sp³-hybridized carbons (Fsp3) is 0.800. The Morgan fingerprint density at radius 3 is 2.60 bits per heavy atom. The molecule has 0 saturated heterocycles. The van der Waals surface area contributed by atoms with Crippen molar-refractivity contribution in [2.45, 2.75) is 11.7 Å². The average Bonchev–Trinajstić information content (AvgIpc) is 1.82. The molecule has 2 unspecified atom stereocenters. The second kappa shape index (κ2) is 4.73. The van der Waals surface area contributed by atoms with Crippen LogP contribution in [0.15, 0.2) is 0 Å². The molecule has 1 N–H and O–H groups in total. The lowest BCUT2D eigenvalue weighted by Crippen LogP contribution is -2.15. The molecule has 0 heterocycles. The summed E-state index contributed by atoms with van der Waals surface area (Å²) in [6.07, 6.45) is 1.91. The Labute approximate surface area is 67.7 Å². The van der Waals surface area contributed by atoms with E-state index in [1.807, 2.05) is 0 Å². The smallest absolute Gasteiger partial charge is 0.316 e. The summed E-state index contributed by atoms with van der Waals surface area (Å²) in [5.41, 5.74) is 0. The van der Waals surface area contributed by atoms with Gasteiger partial charge in [-0.3, -0.25) is 9.00 Å². The van der Waals surface area contributed by atoms with Gasteiger partial charge >= 0.3 is 5.97 Å². The first-order valence-electron chi connectivity index (χ1n) is 2.75. The number of hydrogen-bond acceptors (Lipinski definition) is 3. The third-order valence-corrected chi connectivity index (χ3v) is 2.25. The molecule has 0 aromatic heterocycles. The Balaban J connectivity index is 3.49. The summed E-state index contributed by atoms with van der Waals surface area (Å²) in [7, 11) is -0.915. The van der Waals surface area contributed by atoms with Crippen LogP contribution >= 0.6 is 12.6 Å². The van der Waals surface area contributed by atoms with E-state index >= 15 is 0 Å². The SMILES string of the molecule is CS(=O)CCC(S)C(=O)O. The van der Waals surface area contributed by atoms with E-state index in [2.05, 4.69) is 12.6 Å². The first-order chi connectivity index (χ1) is 4.54. The van der Waals surface area contributed by atoms with Crippen molar-refractivity contribution in [3.63, 3.8) is 0 Å². The van der Waals surface area contributed by atoms with Crippen LogP contribution in [0.2, 0.25) is 0 Å². The van der Waals surface area contributed by atoms with Gasteiger partial charge in [0.1, 0.15) is 5.25 Å². The van der Waals surface area contributed by atoms with Crippen molar-refractivity contribution in [1.29, 1.82) is 0 Å². The van der Waals surface area contributed by atoms with Crippen LogP contribution in [0.5, 0.6) is 0 Å². The molecule has 2 atom stereocenters. The molecule has 0 spiro atoms. The summed E-state index contributed by atoms with van der Waals surface area (Å²) in [5, 5.41) is 7.64. The lowest BCUT2D eigenvalue weighted by Gasteiger charge is -2.01. The number of carboxylic acids is 1. The van der Waals surface area contributed by atoms with E-state index < -0.39 is 22.0 Å². The number of aliphatic carboxylic acids is 1. The maximum Gasteiger partial charge on any atom is 0.316 e. The van der Waals surface area contributed by atoms with E-state index in [-0.39, 0.29) is 0 Å². The molecule has 10 heavy (non-hydrogen) atoms. The number of thiol groups is 1. The zero-order valence-corrected chi connectivity index (χ0v) is 7.32. The highest BCUT2D eigenvalue weighted by Crippen LogP contribution is 2.01. The van der Waals surface area contributed by atoms with E-state index in [4.69, 9.17) is 5.11 Å². The molecule has 0 aliphatic heterocycles. The van der Waals surface area contributed by atoms with Crippen LogP contribution in [0.3, 0.4) is 0 Å². The Kier molecular flexibility index (Phi) is 4.72. The zero-order valence-electron chi connectivity index (χ0n) is 5.61. The molecule has 5 heteroatoms. The van der Waals surface area contributed by atoms with Crippen molar-refractivity contribution in [2.24, 2.45) is 0 Å². The van der Waals surface area contributed by atoms with E-state index in [0.29, 0.717) is 12.2 Å². The minimum Gasteiger partial charge on any atom is -0.480 e. The molecular weight excluding hydrogens is 172 g/mol. The van der Waals surface area contributed by atoms with E-state index in [0.717, 1.165) is 0 Å². The molecule has 0 amide bonds. The highest BCUT2D eigenvalue weighted by molar-refractivity contribution is 7.84. The topological polar surface area (TPSA) is 54.4 Å². The Hall–Kier alpha value is -0.0300. The minimum absolute atomic E-state index is 0.363. The van der Waals surface area contributed by atoms with Crippen molar-refractivity contribution >= 4 is 29.4 Å². The van der Waals surface area contributed by atoms with Gasteiger partial charge in [0, 0.05) is 22.8 Å². The standard InChI is InChI=1S/C5H10O3S2/c1-10(8)3-2-4(9)5(6)7/h4,9H,2-3H2,1H3,(H,6,7). The highest BCUT2D eigenvalue weighted by atomic mass is 32.2. The maximum atomic E-state index is 10.5. The molecule has 0 saturated carbocycles. The number of carboxylic acid groups (broad SMARTS) is 1. The third kappa shape index (κ3) is 4.81. The van der Waals surface area contributed by atoms with Gasteiger partial charge in [-0.25, -0.2) is 0 Å². The van der Waals surface area contributed by atoms with Crippen LogP contribution in [0, 0.1) is 0 Å². The molecule has 60 valence electrons. The maximum absolute atomic E-state index is 10.5. The van der Waals surface area contributed by atoms with Gasteiger partial charge in [-0.15, -0.1) is 0 Å². The Morgan fingerprint density at radius 1 is 1.80 bits per heavy atom. The van der Waals surface area contributed by atoms with E-state index in [1.54, 1.807) is 6.26 Å². The van der Waals surface area contributed by atoms with Crippen molar-refractivity contribution in [2.75, 3.05) is 12.0 Å². The molecule has 0 radical (unpaired) electrons. The predicted molar refractivity (Wildman–Crippen MR) is 44.0 cm³/mol. The van der Waals surface area contributed by atoms with Gasteiger partial charge in [0.25, 0.3) is 0 Å². The Bertz CT molecular complexity index is 146. The van der Waals surface area contributed by atoms with Crippen molar-refractivity contribution in [1.82, 2.24) is 0 Å². The molecular formula is C5H10O3S2. The second-order valence-corrected chi connectivity index (χ2v) is 4.10. The van der Waals surface area contributed by atoms with Crippen LogP contribution in [0.4, 0.5) is 0 Å². The van der Waals surface area contributed by atoms with Crippen LogP contribution in [-0.4, -0.2) is 32.5 Å². The van der Waals surface area contributed by atoms with Crippen molar-refractivity contribution in [3.8, 4) is 0 Å². The van der Waals surface area contributed by atoms with Gasteiger partial charge in [0.05, 0.1) is 0 Å². The van der Waals surface area contributed by atoms with Gasteiger partial charge in [-0.2, -0.15) is 12.6 Å². The molecule has 0 rings (SSSR count). The van der Waals surface area contributed by atoms with Gasteiger partial charge < -0.3 is 5.11 Å². The van der Waals surface area contributed by atoms with Crippen LogP contribution < -0.4 is 0 Å². The molecule has 0 aliphatic carbocycles. The van der Waals surface area contributed by atoms with E-state index in [1.165, 1.54) is 0 Å². The molecule has 0 aliphatic rings. The van der Waals surface area contributed by atoms with Gasteiger partial charge in [-0.1, -0.05) is 0 Å². The predicted octanol–water partition coefficient (Wildman–Crippen LogP) is 0.138. The molecule has 0 aromatic rings. The summed E-state index contributed by atoms with van der Waals surface area (Å²) in [6.45, 7) is 0. The van der Waals surface area contributed by atoms with Crippen LogP contribution in [0.25, 0.3) is 0 Å². The fourth-order valence-electron chi connectivity index (χ4n) is 0.401. The highest BCUT2D eigenvalue weighted by Gasteiger charge is 2.11. The third-order valence-electron chi connectivity index (χ3n) is 0.964. The summed E-state index contributed by atoms with van der Waals surface area (Å²) < 4.78 is 10.5. The second-order valence-electron chi connectivity index (χ2n) is 1.92. The van der Waals surface area contributed by atoms with E-state index in [9.17, 15) is 9.00 Å². The molecule has 3 nitrogen and oxygen atoms in total. The van der Waals surface area contributed by atoms with Gasteiger partial charge in [-0.05, 0) is 6.42 Å². The summed E-state index contributed by atoms with van der Waals surface area (Å²) in [6, 6.07) is 0. The largest absolute Gasteiger partial charge is 0.480 e. The average molecular weight is 182 g/mol. The quantitative estimate of drug-likeness (QED) is 0.608. The van der Waals surface area contributed by atoms with Crippen LogP contribution in [-0.2, 0) is 15.6 Å². The zero-order chi connectivity index (χ0) is 8.15. The van der Waals surface area contributed by atoms with Gasteiger partial charge in [0.2, 0.25) is 0 Å². The normalized spacial score (nSPS) is 16.2. The van der Waals surface area contributed by atoms with Gasteiger partial charge in [0.15, 0.2) is 0 Å². The number of hydrogen-bond donors (Lipinski definition) is 2. The molecule has 0 aromatic carbocycles. The first kappa shape index (κ1) is 9.97. The Morgan fingerprint density at radius 2 is 2.30 bits per heavy atom. The van der Waals surface area contributed by atoms with Crippen LogP contribution in [0.1, 0.15) is 6.42 Å². The minimum atomic E-state index is -0.950. The lowest BCUT2D eigenvalue weighted by atomic mass is 10.3. The molecule has 0 bridgehead atoms.